The highest BCUT2D eigenvalue weighted by atomic mass is 35.5. The molecule has 3 rings (SSSR count). The second kappa shape index (κ2) is 4.22. The minimum Gasteiger partial charge on any atom is -0.478 e. The van der Waals surface area contributed by atoms with Crippen LogP contribution in [0.15, 0.2) is 42.5 Å². The van der Waals surface area contributed by atoms with Gasteiger partial charge >= 0.3 is 5.97 Å². The number of fused-ring (bicyclic) bond motifs is 3. The van der Waals surface area contributed by atoms with E-state index in [1.165, 1.54) is 5.56 Å². The van der Waals surface area contributed by atoms with Gasteiger partial charge in [0.1, 0.15) is 0 Å². The first-order valence-electron chi connectivity index (χ1n) is 5.21. The first-order valence-corrected chi connectivity index (χ1v) is 5.21. The highest BCUT2D eigenvalue weighted by Crippen LogP contribution is 2.38. The maximum atomic E-state index is 11.2. The fourth-order valence-corrected chi connectivity index (χ4v) is 2.37. The summed E-state index contributed by atoms with van der Waals surface area (Å²) in [4.78, 5) is 11.2. The molecule has 0 amide bonds. The minimum atomic E-state index is -0.853. The van der Waals surface area contributed by atoms with Crippen LogP contribution in [0.1, 0.15) is 21.5 Å². The van der Waals surface area contributed by atoms with Crippen LogP contribution in [0.3, 0.4) is 0 Å². The van der Waals surface area contributed by atoms with Crippen LogP contribution >= 0.6 is 12.4 Å². The van der Waals surface area contributed by atoms with Crippen LogP contribution in [-0.4, -0.2) is 11.1 Å². The molecule has 0 atom stereocenters. The van der Waals surface area contributed by atoms with Gasteiger partial charge in [-0.1, -0.05) is 36.4 Å². The molecule has 0 aliphatic heterocycles. The minimum absolute atomic E-state index is 0. The van der Waals surface area contributed by atoms with Gasteiger partial charge < -0.3 is 5.11 Å². The van der Waals surface area contributed by atoms with Crippen LogP contribution in [-0.2, 0) is 6.42 Å². The molecule has 0 saturated carbocycles. The highest BCUT2D eigenvalue weighted by molar-refractivity contribution is 5.99. The van der Waals surface area contributed by atoms with Crippen molar-refractivity contribution in [2.75, 3.05) is 0 Å². The number of rotatable bonds is 1. The lowest BCUT2D eigenvalue weighted by Gasteiger charge is -2.04. The summed E-state index contributed by atoms with van der Waals surface area (Å²) in [6, 6.07) is 13.5. The van der Waals surface area contributed by atoms with E-state index in [0.29, 0.717) is 5.56 Å². The molecule has 0 unspecified atom stereocenters. The van der Waals surface area contributed by atoms with Crippen LogP contribution in [0, 0.1) is 0 Å². The molecule has 1 aliphatic rings. The van der Waals surface area contributed by atoms with Gasteiger partial charge in [0.15, 0.2) is 0 Å². The summed E-state index contributed by atoms with van der Waals surface area (Å²) in [5.41, 5.74) is 4.69. The van der Waals surface area contributed by atoms with Gasteiger partial charge in [-0.05, 0) is 34.7 Å². The number of benzene rings is 2. The Hall–Kier alpha value is -1.80. The number of halogens is 1. The van der Waals surface area contributed by atoms with Gasteiger partial charge in [-0.25, -0.2) is 4.79 Å². The number of carboxylic acid groups (broad SMARTS) is 1. The maximum Gasteiger partial charge on any atom is 0.336 e. The van der Waals surface area contributed by atoms with Crippen molar-refractivity contribution in [1.29, 1.82) is 0 Å². The Morgan fingerprint density at radius 1 is 1.00 bits per heavy atom. The highest BCUT2D eigenvalue weighted by Gasteiger charge is 2.22. The third kappa shape index (κ3) is 1.71. The second-order valence-electron chi connectivity index (χ2n) is 3.98. The van der Waals surface area contributed by atoms with Crippen molar-refractivity contribution in [2.45, 2.75) is 6.42 Å². The number of hydrogen-bond acceptors (Lipinski definition) is 1. The van der Waals surface area contributed by atoms with Crippen LogP contribution < -0.4 is 0 Å². The third-order valence-electron chi connectivity index (χ3n) is 3.05. The summed E-state index contributed by atoms with van der Waals surface area (Å²) >= 11 is 0. The fraction of sp³-hybridized carbons (Fsp3) is 0.0714. The summed E-state index contributed by atoms with van der Waals surface area (Å²) in [5, 5.41) is 9.17. The molecule has 3 heteroatoms. The fourth-order valence-electron chi connectivity index (χ4n) is 2.37. The zero-order chi connectivity index (χ0) is 11.1. The number of aromatic carboxylic acids is 1. The van der Waals surface area contributed by atoms with Gasteiger partial charge in [0.05, 0.1) is 5.56 Å². The predicted molar refractivity (Wildman–Crippen MR) is 68.9 cm³/mol. The molecule has 17 heavy (non-hydrogen) atoms. The van der Waals surface area contributed by atoms with Crippen molar-refractivity contribution >= 4 is 18.4 Å². The molecule has 0 fully saturated rings. The van der Waals surface area contributed by atoms with Crippen LogP contribution in [0.2, 0.25) is 0 Å². The van der Waals surface area contributed by atoms with E-state index in [1.54, 1.807) is 6.07 Å². The van der Waals surface area contributed by atoms with Gasteiger partial charge in [-0.15, -0.1) is 12.4 Å². The van der Waals surface area contributed by atoms with Gasteiger partial charge in [0, 0.05) is 0 Å². The molecular formula is C14H11ClO2. The van der Waals surface area contributed by atoms with E-state index in [-0.39, 0.29) is 12.4 Å². The molecule has 0 spiro atoms. The monoisotopic (exact) mass is 246 g/mol. The van der Waals surface area contributed by atoms with E-state index in [2.05, 4.69) is 6.07 Å². The Balaban J connectivity index is 0.00000108. The second-order valence-corrected chi connectivity index (χ2v) is 3.98. The van der Waals surface area contributed by atoms with Gasteiger partial charge in [-0.3, -0.25) is 0 Å². The number of carbonyl (C=O) groups is 1. The van der Waals surface area contributed by atoms with E-state index in [0.717, 1.165) is 23.1 Å². The maximum absolute atomic E-state index is 11.2. The summed E-state index contributed by atoms with van der Waals surface area (Å²) < 4.78 is 0. The Kier molecular flexibility index (Phi) is 2.90. The van der Waals surface area contributed by atoms with E-state index in [1.807, 2.05) is 30.3 Å². The molecule has 0 heterocycles. The SMILES string of the molecule is Cl.O=C(O)c1cccc2c1-c1ccccc1C2. The van der Waals surface area contributed by atoms with Gasteiger partial charge in [0.2, 0.25) is 0 Å². The summed E-state index contributed by atoms with van der Waals surface area (Å²) in [7, 11) is 0. The Bertz CT molecular complexity index is 591. The molecule has 1 N–H and O–H groups in total. The molecule has 0 saturated heterocycles. The van der Waals surface area contributed by atoms with Gasteiger partial charge in [-0.2, -0.15) is 0 Å². The Morgan fingerprint density at radius 2 is 1.71 bits per heavy atom. The van der Waals surface area contributed by atoms with Crippen molar-refractivity contribution in [3.63, 3.8) is 0 Å². The zero-order valence-electron chi connectivity index (χ0n) is 9.01. The quantitative estimate of drug-likeness (QED) is 0.715. The smallest absolute Gasteiger partial charge is 0.336 e. The van der Waals surface area contributed by atoms with Crippen molar-refractivity contribution in [1.82, 2.24) is 0 Å². The molecule has 2 aromatic carbocycles. The molecule has 0 bridgehead atoms. The van der Waals surface area contributed by atoms with Crippen LogP contribution in [0.4, 0.5) is 0 Å². The van der Waals surface area contributed by atoms with Crippen LogP contribution in [0.25, 0.3) is 11.1 Å². The predicted octanol–water partition coefficient (Wildman–Crippen LogP) is 3.38. The normalized spacial score (nSPS) is 11.3. The lowest BCUT2D eigenvalue weighted by molar-refractivity contribution is 0.0697. The molecular weight excluding hydrogens is 236 g/mol. The number of hydrogen-bond donors (Lipinski definition) is 1. The first-order chi connectivity index (χ1) is 7.77. The molecule has 2 nitrogen and oxygen atoms in total. The molecule has 2 aromatic rings. The lowest BCUT2D eigenvalue weighted by Crippen LogP contribution is -1.99. The number of carboxylic acids is 1. The average molecular weight is 247 g/mol. The van der Waals surface area contributed by atoms with Crippen LogP contribution in [0.5, 0.6) is 0 Å². The molecule has 86 valence electrons. The summed E-state index contributed by atoms with van der Waals surface area (Å²) in [6.07, 6.45) is 0.840. The molecule has 0 aromatic heterocycles. The standard InChI is InChI=1S/C14H10O2.ClH/c15-14(16)12-7-3-5-10-8-9-4-1-2-6-11(9)13(10)12;/h1-7H,8H2,(H,15,16);1H. The molecule has 1 aliphatic carbocycles. The van der Waals surface area contributed by atoms with E-state index >= 15 is 0 Å². The lowest BCUT2D eigenvalue weighted by atomic mass is 10.00. The zero-order valence-corrected chi connectivity index (χ0v) is 9.83. The van der Waals surface area contributed by atoms with Gasteiger partial charge in [0.25, 0.3) is 0 Å². The molecule has 0 radical (unpaired) electrons. The topological polar surface area (TPSA) is 37.3 Å². The van der Waals surface area contributed by atoms with Crippen molar-refractivity contribution in [3.05, 3.63) is 59.2 Å². The third-order valence-corrected chi connectivity index (χ3v) is 3.05. The van der Waals surface area contributed by atoms with Crippen molar-refractivity contribution in [2.24, 2.45) is 0 Å². The van der Waals surface area contributed by atoms with E-state index < -0.39 is 5.97 Å². The van der Waals surface area contributed by atoms with Crippen molar-refractivity contribution < 1.29 is 9.90 Å². The Morgan fingerprint density at radius 3 is 2.47 bits per heavy atom. The Labute approximate surface area is 105 Å². The van der Waals surface area contributed by atoms with E-state index in [4.69, 9.17) is 0 Å². The first kappa shape index (κ1) is 11.7. The van der Waals surface area contributed by atoms with E-state index in [9.17, 15) is 9.90 Å². The summed E-state index contributed by atoms with van der Waals surface area (Å²) in [5.74, 6) is -0.853. The summed E-state index contributed by atoms with van der Waals surface area (Å²) in [6.45, 7) is 0. The average Bonchev–Trinajstić information content (AvgIpc) is 2.66. The largest absolute Gasteiger partial charge is 0.478 e. The van der Waals surface area contributed by atoms with Crippen molar-refractivity contribution in [3.8, 4) is 11.1 Å².